The molecular weight excluding hydrogens is 437 g/mol. The minimum absolute atomic E-state index is 0.284. The SMILES string of the molecule is O=C(Cn1nnn(-c2cccs2)c1=O)Nc1ccnn1Cc1cccc(Cl)c1Cl. The maximum Gasteiger partial charge on any atom is 0.369 e. The molecular formula is C17H13Cl2N7O2S. The van der Waals surface area contributed by atoms with Crippen molar-refractivity contribution in [1.82, 2.24) is 29.6 Å². The van der Waals surface area contributed by atoms with Crippen LogP contribution in [0, 0.1) is 0 Å². The van der Waals surface area contributed by atoms with Crippen molar-refractivity contribution >= 4 is 46.3 Å². The molecule has 0 aliphatic heterocycles. The molecule has 1 amide bonds. The molecule has 4 rings (SSSR count). The molecule has 1 aromatic carbocycles. The van der Waals surface area contributed by atoms with Crippen LogP contribution in [0.2, 0.25) is 10.0 Å². The molecule has 0 aliphatic carbocycles. The second kappa shape index (κ2) is 8.19. The average molecular weight is 450 g/mol. The maximum atomic E-state index is 12.4. The van der Waals surface area contributed by atoms with Gasteiger partial charge in [0, 0.05) is 6.07 Å². The molecule has 0 aliphatic rings. The maximum absolute atomic E-state index is 12.4. The van der Waals surface area contributed by atoms with Crippen LogP contribution < -0.4 is 11.0 Å². The van der Waals surface area contributed by atoms with Gasteiger partial charge in [-0.05, 0) is 39.6 Å². The van der Waals surface area contributed by atoms with Crippen LogP contribution in [0.1, 0.15) is 5.56 Å². The number of aromatic nitrogens is 6. The van der Waals surface area contributed by atoms with Gasteiger partial charge in [-0.1, -0.05) is 35.3 Å². The van der Waals surface area contributed by atoms with Gasteiger partial charge in [0.2, 0.25) is 5.91 Å². The number of thiophene rings is 1. The summed E-state index contributed by atoms with van der Waals surface area (Å²) in [5.41, 5.74) is 0.260. The molecule has 0 atom stereocenters. The fourth-order valence-electron chi connectivity index (χ4n) is 2.62. The van der Waals surface area contributed by atoms with Crippen LogP contribution in [0.25, 0.3) is 5.00 Å². The third-order valence-corrected chi connectivity index (χ3v) is 5.69. The predicted molar refractivity (Wildman–Crippen MR) is 110 cm³/mol. The average Bonchev–Trinajstić information content (AvgIpc) is 3.43. The van der Waals surface area contributed by atoms with E-state index in [1.807, 2.05) is 11.4 Å². The molecule has 0 unspecified atom stereocenters. The van der Waals surface area contributed by atoms with Crippen LogP contribution in [0.3, 0.4) is 0 Å². The lowest BCUT2D eigenvalue weighted by Crippen LogP contribution is -2.30. The lowest BCUT2D eigenvalue weighted by atomic mass is 10.2. The van der Waals surface area contributed by atoms with Crippen molar-refractivity contribution in [3.63, 3.8) is 0 Å². The Balaban J connectivity index is 1.47. The van der Waals surface area contributed by atoms with Crippen molar-refractivity contribution in [1.29, 1.82) is 0 Å². The standard InChI is InChI=1S/C17H13Cl2N7O2S/c18-12-4-1-3-11(16(12)19)9-24-13(6-7-20-24)21-14(27)10-25-17(28)26(23-22-25)15-5-2-8-29-15/h1-8H,9-10H2,(H,21,27). The van der Waals surface area contributed by atoms with Crippen molar-refractivity contribution in [2.24, 2.45) is 0 Å². The monoisotopic (exact) mass is 449 g/mol. The molecule has 1 N–H and O–H groups in total. The van der Waals surface area contributed by atoms with E-state index < -0.39 is 11.6 Å². The Bertz CT molecular complexity index is 1210. The fourth-order valence-corrected chi connectivity index (χ4v) is 3.67. The molecule has 0 radical (unpaired) electrons. The van der Waals surface area contributed by atoms with E-state index in [1.54, 1.807) is 41.2 Å². The molecule has 9 nitrogen and oxygen atoms in total. The molecule has 0 spiro atoms. The fraction of sp³-hybridized carbons (Fsp3) is 0.118. The van der Waals surface area contributed by atoms with Crippen LogP contribution in [0.15, 0.2) is 52.8 Å². The lowest BCUT2D eigenvalue weighted by Gasteiger charge is -2.10. The summed E-state index contributed by atoms with van der Waals surface area (Å²) in [5.74, 6) is 0.00834. The number of amides is 1. The Morgan fingerprint density at radius 1 is 1.10 bits per heavy atom. The zero-order valence-corrected chi connectivity index (χ0v) is 17.0. The van der Waals surface area contributed by atoms with E-state index >= 15 is 0 Å². The van der Waals surface area contributed by atoms with Gasteiger partial charge in [0.05, 0.1) is 22.8 Å². The third-order valence-electron chi connectivity index (χ3n) is 3.98. The van der Waals surface area contributed by atoms with Gasteiger partial charge < -0.3 is 5.32 Å². The first-order valence-electron chi connectivity index (χ1n) is 8.34. The van der Waals surface area contributed by atoms with Gasteiger partial charge in [-0.25, -0.2) is 9.48 Å². The number of carbonyl (C=O) groups excluding carboxylic acids is 1. The minimum Gasteiger partial charge on any atom is -0.309 e. The van der Waals surface area contributed by atoms with E-state index in [-0.39, 0.29) is 6.54 Å². The summed E-state index contributed by atoms with van der Waals surface area (Å²) in [5, 5.41) is 17.8. The number of rotatable bonds is 6. The smallest absolute Gasteiger partial charge is 0.309 e. The molecule has 148 valence electrons. The topological polar surface area (TPSA) is 99.6 Å². The van der Waals surface area contributed by atoms with E-state index in [1.165, 1.54) is 11.3 Å². The van der Waals surface area contributed by atoms with Crippen LogP contribution in [-0.2, 0) is 17.9 Å². The summed E-state index contributed by atoms with van der Waals surface area (Å²) in [6.07, 6.45) is 1.55. The predicted octanol–water partition coefficient (Wildman–Crippen LogP) is 2.68. The Morgan fingerprint density at radius 3 is 2.76 bits per heavy atom. The van der Waals surface area contributed by atoms with E-state index in [9.17, 15) is 9.59 Å². The normalized spacial score (nSPS) is 11.0. The van der Waals surface area contributed by atoms with Gasteiger partial charge in [-0.15, -0.1) is 11.3 Å². The second-order valence-corrected chi connectivity index (χ2v) is 7.63. The van der Waals surface area contributed by atoms with E-state index in [2.05, 4.69) is 20.8 Å². The van der Waals surface area contributed by atoms with Crippen molar-refractivity contribution in [2.45, 2.75) is 13.1 Å². The van der Waals surface area contributed by atoms with Gasteiger partial charge in [-0.3, -0.25) is 4.79 Å². The molecule has 3 heterocycles. The first-order valence-corrected chi connectivity index (χ1v) is 9.98. The zero-order valence-electron chi connectivity index (χ0n) is 14.7. The van der Waals surface area contributed by atoms with Gasteiger partial charge in [-0.2, -0.15) is 14.5 Å². The van der Waals surface area contributed by atoms with E-state index in [4.69, 9.17) is 23.2 Å². The number of tetrazole rings is 1. The first kappa shape index (κ1) is 19.4. The zero-order chi connectivity index (χ0) is 20.4. The highest BCUT2D eigenvalue weighted by Gasteiger charge is 2.15. The number of nitrogens with one attached hydrogen (secondary N) is 1. The van der Waals surface area contributed by atoms with Crippen LogP contribution >= 0.6 is 34.5 Å². The highest BCUT2D eigenvalue weighted by Crippen LogP contribution is 2.26. The Hall–Kier alpha value is -2.95. The number of halogens is 2. The van der Waals surface area contributed by atoms with Crippen LogP contribution in [0.5, 0.6) is 0 Å². The Labute approximate surface area is 178 Å². The van der Waals surface area contributed by atoms with Crippen molar-refractivity contribution in [3.8, 4) is 5.00 Å². The number of hydrogen-bond donors (Lipinski definition) is 1. The summed E-state index contributed by atoms with van der Waals surface area (Å²) in [7, 11) is 0. The molecule has 0 saturated heterocycles. The van der Waals surface area contributed by atoms with Gasteiger partial charge in [0.1, 0.15) is 17.4 Å². The summed E-state index contributed by atoms with van der Waals surface area (Å²) in [6.45, 7) is 0.0316. The van der Waals surface area contributed by atoms with Crippen LogP contribution in [0.4, 0.5) is 5.82 Å². The largest absolute Gasteiger partial charge is 0.369 e. The number of benzene rings is 1. The van der Waals surface area contributed by atoms with Gasteiger partial charge in [0.25, 0.3) is 0 Å². The first-order chi connectivity index (χ1) is 14.0. The number of nitrogens with zero attached hydrogens (tertiary/aromatic N) is 6. The molecule has 12 heteroatoms. The molecule has 0 bridgehead atoms. The summed E-state index contributed by atoms with van der Waals surface area (Å²) in [4.78, 5) is 24.8. The Kier molecular flexibility index (Phi) is 5.47. The van der Waals surface area contributed by atoms with E-state index in [0.717, 1.165) is 14.9 Å². The summed E-state index contributed by atoms with van der Waals surface area (Å²) >= 11 is 13.6. The second-order valence-electron chi connectivity index (χ2n) is 5.92. The van der Waals surface area contributed by atoms with Crippen molar-refractivity contribution in [2.75, 3.05) is 5.32 Å². The molecule has 3 aromatic heterocycles. The number of anilines is 1. The highest BCUT2D eigenvalue weighted by atomic mass is 35.5. The number of hydrogen-bond acceptors (Lipinski definition) is 6. The summed E-state index contributed by atoms with van der Waals surface area (Å²) < 4.78 is 3.70. The molecule has 29 heavy (non-hydrogen) atoms. The molecule has 0 saturated carbocycles. The third kappa shape index (κ3) is 4.09. The summed E-state index contributed by atoms with van der Waals surface area (Å²) in [6, 6.07) is 10.5. The highest BCUT2D eigenvalue weighted by molar-refractivity contribution is 7.12. The molecule has 4 aromatic rings. The minimum atomic E-state index is -0.498. The van der Waals surface area contributed by atoms with Gasteiger partial charge >= 0.3 is 5.69 Å². The number of carbonyl (C=O) groups is 1. The Morgan fingerprint density at radius 2 is 1.97 bits per heavy atom. The van der Waals surface area contributed by atoms with Gasteiger partial charge in [0.15, 0.2) is 0 Å². The van der Waals surface area contributed by atoms with Crippen molar-refractivity contribution < 1.29 is 4.79 Å². The lowest BCUT2D eigenvalue weighted by molar-refractivity contribution is -0.117. The van der Waals surface area contributed by atoms with E-state index in [0.29, 0.717) is 27.4 Å². The molecule has 0 fully saturated rings. The quantitative estimate of drug-likeness (QED) is 0.487. The van der Waals surface area contributed by atoms with Crippen LogP contribution in [-0.4, -0.2) is 35.5 Å². The van der Waals surface area contributed by atoms with Crippen molar-refractivity contribution in [3.05, 3.63) is 74.1 Å².